The normalized spacial score (nSPS) is 15.9. The number of hydrogen-bond donors (Lipinski definition) is 1. The van der Waals surface area contributed by atoms with Crippen molar-refractivity contribution in [1.29, 1.82) is 0 Å². The van der Waals surface area contributed by atoms with Crippen LogP contribution in [-0.4, -0.2) is 16.9 Å². The van der Waals surface area contributed by atoms with E-state index in [4.69, 9.17) is 9.94 Å². The molecule has 1 atom stereocenters. The minimum absolute atomic E-state index is 0.195. The summed E-state index contributed by atoms with van der Waals surface area (Å²) in [6.07, 6.45) is -0.558. The largest absolute Gasteiger partial charge is 0.478 e. The highest BCUT2D eigenvalue weighted by atomic mass is 19.1. The molecule has 0 fully saturated rings. The zero-order valence-electron chi connectivity index (χ0n) is 15.0. The number of hydrogen-bond acceptors (Lipinski definition) is 4. The Morgan fingerprint density at radius 1 is 1.00 bits per heavy atom. The van der Waals surface area contributed by atoms with Crippen LogP contribution in [0, 0.1) is 12.7 Å². The number of benzene rings is 3. The Morgan fingerprint density at radius 2 is 1.64 bits per heavy atom. The standard InChI is InChI=1S/C22H17FN2O3/c1-14-2-12-19(13-3-14)25-20(15-4-6-17(7-5-15)22(26)27)24-28-21(25)16-8-10-18(23)11-9-16/h2-13,21H,1H3,(H,26,27). The lowest BCUT2D eigenvalue weighted by Crippen LogP contribution is -2.31. The maximum atomic E-state index is 13.4. The molecule has 0 radical (unpaired) electrons. The molecule has 1 N–H and O–H groups in total. The van der Waals surface area contributed by atoms with Crippen molar-refractivity contribution in [2.75, 3.05) is 4.90 Å². The van der Waals surface area contributed by atoms with Crippen LogP contribution in [0.2, 0.25) is 0 Å². The molecule has 0 saturated carbocycles. The van der Waals surface area contributed by atoms with Crippen molar-refractivity contribution in [3.63, 3.8) is 0 Å². The van der Waals surface area contributed by atoms with E-state index < -0.39 is 12.2 Å². The number of nitrogens with zero attached hydrogens (tertiary/aromatic N) is 2. The predicted molar refractivity (Wildman–Crippen MR) is 104 cm³/mol. The topological polar surface area (TPSA) is 62.1 Å². The van der Waals surface area contributed by atoms with Gasteiger partial charge in [0, 0.05) is 16.8 Å². The van der Waals surface area contributed by atoms with Gasteiger partial charge in [-0.1, -0.05) is 47.1 Å². The molecule has 0 spiro atoms. The van der Waals surface area contributed by atoms with E-state index in [1.165, 1.54) is 24.3 Å². The van der Waals surface area contributed by atoms with Crippen LogP contribution in [0.3, 0.4) is 0 Å². The molecular formula is C22H17FN2O3. The third kappa shape index (κ3) is 3.32. The first-order valence-electron chi connectivity index (χ1n) is 8.72. The first-order chi connectivity index (χ1) is 13.5. The molecule has 140 valence electrons. The van der Waals surface area contributed by atoms with E-state index in [2.05, 4.69) is 5.16 Å². The maximum Gasteiger partial charge on any atom is 0.335 e. The van der Waals surface area contributed by atoms with Gasteiger partial charge in [-0.3, -0.25) is 4.90 Å². The van der Waals surface area contributed by atoms with Crippen molar-refractivity contribution in [2.24, 2.45) is 5.16 Å². The van der Waals surface area contributed by atoms with Crippen LogP contribution in [0.1, 0.15) is 33.3 Å². The van der Waals surface area contributed by atoms with Crippen LogP contribution in [0.5, 0.6) is 0 Å². The van der Waals surface area contributed by atoms with Gasteiger partial charge in [0.2, 0.25) is 6.23 Å². The van der Waals surface area contributed by atoms with E-state index in [9.17, 15) is 9.18 Å². The molecule has 0 bridgehead atoms. The summed E-state index contributed by atoms with van der Waals surface area (Å²) in [7, 11) is 0. The van der Waals surface area contributed by atoms with Gasteiger partial charge in [0.25, 0.3) is 0 Å². The molecule has 3 aromatic rings. The summed E-state index contributed by atoms with van der Waals surface area (Å²) in [6, 6.07) is 20.4. The van der Waals surface area contributed by atoms with Gasteiger partial charge in [0.15, 0.2) is 5.84 Å². The molecule has 1 unspecified atom stereocenters. The van der Waals surface area contributed by atoms with Crippen LogP contribution in [0.15, 0.2) is 78.0 Å². The highest BCUT2D eigenvalue weighted by Crippen LogP contribution is 2.35. The number of anilines is 1. The van der Waals surface area contributed by atoms with Gasteiger partial charge < -0.3 is 9.94 Å². The Labute approximate surface area is 161 Å². The lowest BCUT2D eigenvalue weighted by molar-refractivity contribution is 0.0697. The molecule has 6 heteroatoms. The van der Waals surface area contributed by atoms with Gasteiger partial charge in [-0.15, -0.1) is 0 Å². The number of aryl methyl sites for hydroxylation is 1. The van der Waals surface area contributed by atoms with Gasteiger partial charge in [-0.2, -0.15) is 0 Å². The number of halogens is 1. The molecule has 0 amide bonds. The number of rotatable bonds is 4. The fraction of sp³-hybridized carbons (Fsp3) is 0.0909. The average Bonchev–Trinajstić information content (AvgIpc) is 3.14. The molecule has 1 aliphatic heterocycles. The number of aromatic carboxylic acids is 1. The van der Waals surface area contributed by atoms with Crippen molar-refractivity contribution in [3.05, 3.63) is 101 Å². The maximum absolute atomic E-state index is 13.4. The average molecular weight is 376 g/mol. The van der Waals surface area contributed by atoms with E-state index in [1.807, 2.05) is 36.1 Å². The SMILES string of the molecule is Cc1ccc(N2C(c3ccc(C(=O)O)cc3)=NOC2c2ccc(F)cc2)cc1. The van der Waals surface area contributed by atoms with Gasteiger partial charge >= 0.3 is 5.97 Å². The molecule has 1 aliphatic rings. The number of oxime groups is 1. The molecule has 0 aliphatic carbocycles. The smallest absolute Gasteiger partial charge is 0.335 e. The summed E-state index contributed by atoms with van der Waals surface area (Å²) < 4.78 is 13.4. The van der Waals surface area contributed by atoms with Gasteiger partial charge in [-0.25, -0.2) is 9.18 Å². The second-order valence-electron chi connectivity index (χ2n) is 6.51. The number of carboxylic acids is 1. The first kappa shape index (κ1) is 17.7. The second kappa shape index (κ2) is 7.15. The van der Waals surface area contributed by atoms with Crippen LogP contribution in [-0.2, 0) is 4.84 Å². The van der Waals surface area contributed by atoms with E-state index in [-0.39, 0.29) is 11.4 Å². The summed E-state index contributed by atoms with van der Waals surface area (Å²) in [5.41, 5.74) is 3.64. The molecule has 1 heterocycles. The fourth-order valence-corrected chi connectivity index (χ4v) is 3.06. The van der Waals surface area contributed by atoms with Gasteiger partial charge in [0.1, 0.15) is 5.82 Å². The van der Waals surface area contributed by atoms with E-state index in [0.29, 0.717) is 5.84 Å². The highest BCUT2D eigenvalue weighted by molar-refractivity contribution is 6.11. The summed E-state index contributed by atoms with van der Waals surface area (Å²) >= 11 is 0. The Hall–Kier alpha value is -3.67. The highest BCUT2D eigenvalue weighted by Gasteiger charge is 2.33. The lowest BCUT2D eigenvalue weighted by Gasteiger charge is -2.26. The van der Waals surface area contributed by atoms with Crippen molar-refractivity contribution >= 4 is 17.5 Å². The number of amidine groups is 1. The second-order valence-corrected chi connectivity index (χ2v) is 6.51. The lowest BCUT2D eigenvalue weighted by atomic mass is 10.1. The Balaban J connectivity index is 1.75. The number of carbonyl (C=O) groups is 1. The third-order valence-electron chi connectivity index (χ3n) is 4.56. The van der Waals surface area contributed by atoms with E-state index >= 15 is 0 Å². The minimum Gasteiger partial charge on any atom is -0.478 e. The monoisotopic (exact) mass is 376 g/mol. The Bertz CT molecular complexity index is 1030. The van der Waals surface area contributed by atoms with E-state index in [0.717, 1.165) is 22.4 Å². The minimum atomic E-state index is -0.990. The Morgan fingerprint density at radius 3 is 2.25 bits per heavy atom. The molecular weight excluding hydrogens is 359 g/mol. The fourth-order valence-electron chi connectivity index (χ4n) is 3.06. The summed E-state index contributed by atoms with van der Waals surface area (Å²) in [5, 5.41) is 13.4. The van der Waals surface area contributed by atoms with Crippen molar-refractivity contribution in [2.45, 2.75) is 13.2 Å². The van der Waals surface area contributed by atoms with Gasteiger partial charge in [0.05, 0.1) is 5.56 Å². The quantitative estimate of drug-likeness (QED) is 0.715. The zero-order chi connectivity index (χ0) is 19.7. The predicted octanol–water partition coefficient (Wildman–Crippen LogP) is 4.73. The van der Waals surface area contributed by atoms with Gasteiger partial charge in [-0.05, 0) is 43.3 Å². The molecule has 0 saturated heterocycles. The van der Waals surface area contributed by atoms with Crippen LogP contribution in [0.4, 0.5) is 10.1 Å². The zero-order valence-corrected chi connectivity index (χ0v) is 15.0. The summed E-state index contributed by atoms with van der Waals surface area (Å²) in [4.78, 5) is 18.7. The molecule has 0 aromatic heterocycles. The first-order valence-corrected chi connectivity index (χ1v) is 8.72. The van der Waals surface area contributed by atoms with Crippen molar-refractivity contribution in [3.8, 4) is 0 Å². The molecule has 5 nitrogen and oxygen atoms in total. The molecule has 3 aromatic carbocycles. The summed E-state index contributed by atoms with van der Waals surface area (Å²) in [6.45, 7) is 2.00. The van der Waals surface area contributed by atoms with E-state index in [1.54, 1.807) is 24.3 Å². The molecule has 28 heavy (non-hydrogen) atoms. The van der Waals surface area contributed by atoms with Crippen LogP contribution < -0.4 is 4.90 Å². The van der Waals surface area contributed by atoms with Crippen LogP contribution >= 0.6 is 0 Å². The Kier molecular flexibility index (Phi) is 4.53. The van der Waals surface area contributed by atoms with Crippen molar-refractivity contribution < 1.29 is 19.1 Å². The molecule has 4 rings (SSSR count). The summed E-state index contributed by atoms with van der Waals surface area (Å²) in [5.74, 6) is -0.764. The van der Waals surface area contributed by atoms with Crippen molar-refractivity contribution in [1.82, 2.24) is 0 Å². The number of carboxylic acid groups (broad SMARTS) is 1. The third-order valence-corrected chi connectivity index (χ3v) is 4.56. The van der Waals surface area contributed by atoms with Crippen LogP contribution in [0.25, 0.3) is 0 Å².